The number of anilines is 1. The van der Waals surface area contributed by atoms with E-state index < -0.39 is 0 Å². The fourth-order valence-electron chi connectivity index (χ4n) is 2.66. The number of amides is 1. The number of ether oxygens (including phenoxy) is 1. The molecule has 1 saturated carbocycles. The molecule has 1 aromatic carbocycles. The third-order valence-electron chi connectivity index (χ3n) is 4.52. The minimum Gasteiger partial charge on any atom is -0.497 e. The molecule has 0 bridgehead atoms. The van der Waals surface area contributed by atoms with Crippen molar-refractivity contribution >= 4 is 11.7 Å². The van der Waals surface area contributed by atoms with Gasteiger partial charge < -0.3 is 10.1 Å². The van der Waals surface area contributed by atoms with Crippen LogP contribution in [0.25, 0.3) is 5.69 Å². The van der Waals surface area contributed by atoms with Gasteiger partial charge in [0.15, 0.2) is 0 Å². The Morgan fingerprint density at radius 1 is 1.25 bits per heavy atom. The van der Waals surface area contributed by atoms with Crippen molar-refractivity contribution in [2.24, 2.45) is 5.92 Å². The number of nitrogens with one attached hydrogen (secondary N) is 1. The highest BCUT2D eigenvalue weighted by Gasteiger charge is 2.27. The van der Waals surface area contributed by atoms with Crippen LogP contribution in [0.15, 0.2) is 30.3 Å². The van der Waals surface area contributed by atoms with Crippen molar-refractivity contribution in [3.05, 3.63) is 36.0 Å². The number of carbonyl (C=O) groups is 1. The molecule has 1 aromatic heterocycles. The second kappa shape index (κ2) is 6.30. The summed E-state index contributed by atoms with van der Waals surface area (Å²) < 4.78 is 7.02. The number of carbonyl (C=O) groups excluding carboxylic acids is 1. The van der Waals surface area contributed by atoms with E-state index in [9.17, 15) is 4.79 Å². The Kier molecular flexibility index (Phi) is 4.35. The minimum atomic E-state index is -0.0896. The lowest BCUT2D eigenvalue weighted by Crippen LogP contribution is -2.28. The number of hydrogen-bond donors (Lipinski definition) is 1. The molecule has 0 aliphatic heterocycles. The molecule has 0 atom stereocenters. The Labute approximate surface area is 143 Å². The van der Waals surface area contributed by atoms with Crippen molar-refractivity contribution in [1.82, 2.24) is 9.78 Å². The van der Waals surface area contributed by atoms with Crippen LogP contribution in [0.3, 0.4) is 0 Å². The Hall–Kier alpha value is -2.30. The molecule has 2 aromatic rings. The first kappa shape index (κ1) is 16.6. The van der Waals surface area contributed by atoms with Gasteiger partial charge in [0.25, 0.3) is 0 Å². The van der Waals surface area contributed by atoms with Crippen molar-refractivity contribution in [3.63, 3.8) is 0 Å². The molecule has 1 aliphatic carbocycles. The van der Waals surface area contributed by atoms with Gasteiger partial charge in [0.1, 0.15) is 11.6 Å². The van der Waals surface area contributed by atoms with E-state index in [4.69, 9.17) is 9.84 Å². The van der Waals surface area contributed by atoms with Crippen molar-refractivity contribution in [1.29, 1.82) is 0 Å². The molecular weight excluding hydrogens is 302 g/mol. The van der Waals surface area contributed by atoms with Gasteiger partial charge in [0, 0.05) is 17.4 Å². The van der Waals surface area contributed by atoms with Gasteiger partial charge in [0.2, 0.25) is 5.91 Å². The lowest BCUT2D eigenvalue weighted by atomic mass is 9.85. The van der Waals surface area contributed by atoms with Crippen LogP contribution in [0.2, 0.25) is 0 Å². The van der Waals surface area contributed by atoms with Gasteiger partial charge in [-0.15, -0.1) is 0 Å². The zero-order valence-corrected chi connectivity index (χ0v) is 14.8. The van der Waals surface area contributed by atoms with Crippen LogP contribution >= 0.6 is 0 Å². The van der Waals surface area contributed by atoms with Crippen LogP contribution in [-0.4, -0.2) is 22.8 Å². The van der Waals surface area contributed by atoms with E-state index in [-0.39, 0.29) is 17.2 Å². The van der Waals surface area contributed by atoms with Crippen LogP contribution in [0.4, 0.5) is 5.82 Å². The Bertz CT molecular complexity index is 722. The van der Waals surface area contributed by atoms with E-state index in [1.54, 1.807) is 11.8 Å². The van der Waals surface area contributed by atoms with E-state index >= 15 is 0 Å². The highest BCUT2D eigenvalue weighted by Crippen LogP contribution is 2.30. The van der Waals surface area contributed by atoms with Gasteiger partial charge in [-0.05, 0) is 37.1 Å². The first-order valence-electron chi connectivity index (χ1n) is 8.44. The third kappa shape index (κ3) is 3.30. The molecule has 128 valence electrons. The quantitative estimate of drug-likeness (QED) is 0.926. The highest BCUT2D eigenvalue weighted by atomic mass is 16.5. The maximum atomic E-state index is 12.4. The molecule has 1 fully saturated rings. The molecule has 1 heterocycles. The third-order valence-corrected chi connectivity index (χ3v) is 4.52. The fourth-order valence-corrected chi connectivity index (χ4v) is 2.66. The smallest absolute Gasteiger partial charge is 0.228 e. The van der Waals surface area contributed by atoms with Crippen LogP contribution in [0.5, 0.6) is 5.75 Å². The van der Waals surface area contributed by atoms with Crippen LogP contribution in [0, 0.1) is 5.92 Å². The summed E-state index contributed by atoms with van der Waals surface area (Å²) in [6.07, 6.45) is 3.10. The summed E-state index contributed by atoms with van der Waals surface area (Å²) in [6, 6.07) is 9.64. The lowest BCUT2D eigenvalue weighted by Gasteiger charge is -2.24. The molecule has 0 spiro atoms. The molecule has 5 nitrogen and oxygen atoms in total. The predicted molar refractivity (Wildman–Crippen MR) is 94.8 cm³/mol. The summed E-state index contributed by atoms with van der Waals surface area (Å²) >= 11 is 0. The number of benzene rings is 1. The zero-order chi connectivity index (χ0) is 17.3. The van der Waals surface area contributed by atoms with Gasteiger partial charge >= 0.3 is 0 Å². The summed E-state index contributed by atoms with van der Waals surface area (Å²) in [6.45, 7) is 6.35. The maximum absolute atomic E-state index is 12.4. The van der Waals surface area contributed by atoms with Crippen LogP contribution in [0.1, 0.15) is 45.7 Å². The first-order chi connectivity index (χ1) is 11.4. The summed E-state index contributed by atoms with van der Waals surface area (Å²) in [5.74, 6) is 1.75. The summed E-state index contributed by atoms with van der Waals surface area (Å²) in [4.78, 5) is 12.4. The molecule has 24 heavy (non-hydrogen) atoms. The van der Waals surface area contributed by atoms with E-state index in [0.29, 0.717) is 0 Å². The van der Waals surface area contributed by atoms with E-state index in [1.807, 2.05) is 30.3 Å². The zero-order valence-electron chi connectivity index (χ0n) is 14.8. The van der Waals surface area contributed by atoms with Gasteiger partial charge in [0.05, 0.1) is 18.5 Å². The Morgan fingerprint density at radius 3 is 2.42 bits per heavy atom. The number of rotatable bonds is 4. The predicted octanol–water partition coefficient (Wildman–Crippen LogP) is 3.92. The number of methoxy groups -OCH3 is 1. The molecule has 1 N–H and O–H groups in total. The molecule has 0 radical (unpaired) electrons. The van der Waals surface area contributed by atoms with E-state index in [0.717, 1.165) is 42.2 Å². The molecular formula is C19H25N3O2. The van der Waals surface area contributed by atoms with Gasteiger partial charge in [-0.25, -0.2) is 4.68 Å². The van der Waals surface area contributed by atoms with Crippen molar-refractivity contribution in [2.45, 2.75) is 45.4 Å². The van der Waals surface area contributed by atoms with Gasteiger partial charge in [-0.3, -0.25) is 4.79 Å². The van der Waals surface area contributed by atoms with Gasteiger partial charge in [-0.2, -0.15) is 5.10 Å². The monoisotopic (exact) mass is 327 g/mol. The second-order valence-electron chi connectivity index (χ2n) is 7.39. The molecule has 0 saturated heterocycles. The first-order valence-corrected chi connectivity index (χ1v) is 8.44. The van der Waals surface area contributed by atoms with Crippen LogP contribution in [-0.2, 0) is 10.2 Å². The molecule has 0 unspecified atom stereocenters. The second-order valence-corrected chi connectivity index (χ2v) is 7.39. The normalized spacial score (nSPS) is 15.0. The minimum absolute atomic E-state index is 0.0896. The van der Waals surface area contributed by atoms with Crippen molar-refractivity contribution in [3.8, 4) is 11.4 Å². The number of aromatic nitrogens is 2. The summed E-state index contributed by atoms with van der Waals surface area (Å²) in [7, 11) is 1.64. The molecule has 5 heteroatoms. The Morgan fingerprint density at radius 2 is 1.92 bits per heavy atom. The summed E-state index contributed by atoms with van der Waals surface area (Å²) in [5, 5.41) is 7.79. The fraction of sp³-hybridized carbons (Fsp3) is 0.474. The molecule has 3 rings (SSSR count). The average molecular weight is 327 g/mol. The van der Waals surface area contributed by atoms with Crippen molar-refractivity contribution < 1.29 is 9.53 Å². The van der Waals surface area contributed by atoms with E-state index in [2.05, 4.69) is 26.1 Å². The largest absolute Gasteiger partial charge is 0.497 e. The standard InChI is InChI=1S/C19H25N3O2/c1-19(2,3)16-12-17(20-18(23)13-6-5-7-13)22(21-16)14-8-10-15(24-4)11-9-14/h8-13H,5-7H2,1-4H3,(H,20,23). The van der Waals surface area contributed by atoms with Crippen molar-refractivity contribution in [2.75, 3.05) is 12.4 Å². The topological polar surface area (TPSA) is 56.1 Å². The molecule has 1 amide bonds. The van der Waals surface area contributed by atoms with Gasteiger partial charge in [-0.1, -0.05) is 27.2 Å². The average Bonchev–Trinajstić information content (AvgIpc) is 2.89. The summed E-state index contributed by atoms with van der Waals surface area (Å²) in [5.41, 5.74) is 1.76. The lowest BCUT2D eigenvalue weighted by molar-refractivity contribution is -0.122. The number of hydrogen-bond acceptors (Lipinski definition) is 3. The van der Waals surface area contributed by atoms with Crippen LogP contribution < -0.4 is 10.1 Å². The maximum Gasteiger partial charge on any atom is 0.228 e. The Balaban J connectivity index is 1.95. The van der Waals surface area contributed by atoms with E-state index in [1.165, 1.54) is 0 Å². The molecule has 1 aliphatic rings. The number of nitrogens with zero attached hydrogens (tertiary/aromatic N) is 2. The highest BCUT2D eigenvalue weighted by molar-refractivity contribution is 5.92. The SMILES string of the molecule is COc1ccc(-n2nc(C(C)(C)C)cc2NC(=O)C2CCC2)cc1.